The van der Waals surface area contributed by atoms with Gasteiger partial charge in [-0.3, -0.25) is 9.69 Å². The number of amides is 1. The number of fused-ring (bicyclic) bond motifs is 1. The minimum absolute atomic E-state index is 0.0729. The first-order valence-corrected chi connectivity index (χ1v) is 9.46. The minimum atomic E-state index is -0.275. The normalized spacial score (nSPS) is 20.5. The molecular formula is C19H24FN5O2. The van der Waals surface area contributed by atoms with Gasteiger partial charge in [-0.25, -0.2) is 9.07 Å². The lowest BCUT2D eigenvalue weighted by Crippen LogP contribution is -2.49. The number of hydrogen-bond acceptors (Lipinski definition) is 5. The first-order chi connectivity index (χ1) is 13.2. The van der Waals surface area contributed by atoms with Gasteiger partial charge >= 0.3 is 0 Å². The maximum absolute atomic E-state index is 13.1. The second-order valence-electron chi connectivity index (χ2n) is 7.05. The number of ether oxygens (including phenoxy) is 1. The van der Waals surface area contributed by atoms with Gasteiger partial charge in [-0.1, -0.05) is 24.3 Å². The van der Waals surface area contributed by atoms with Gasteiger partial charge in [0, 0.05) is 26.2 Å². The Balaban J connectivity index is 1.44. The van der Waals surface area contributed by atoms with Gasteiger partial charge in [0.1, 0.15) is 11.9 Å². The number of piperazine rings is 1. The Morgan fingerprint density at radius 2 is 1.96 bits per heavy atom. The minimum Gasteiger partial charge on any atom is -0.365 e. The van der Waals surface area contributed by atoms with Crippen molar-refractivity contribution in [3.05, 3.63) is 47.0 Å². The quantitative estimate of drug-likeness (QED) is 0.819. The molecule has 8 heteroatoms. The van der Waals surface area contributed by atoms with Gasteiger partial charge in [0.15, 0.2) is 5.69 Å². The predicted octanol–water partition coefficient (Wildman–Crippen LogP) is 1.86. The first-order valence-electron chi connectivity index (χ1n) is 9.46. The summed E-state index contributed by atoms with van der Waals surface area (Å²) >= 11 is 0. The third-order valence-corrected chi connectivity index (χ3v) is 5.24. The van der Waals surface area contributed by atoms with Crippen LogP contribution >= 0.6 is 0 Å². The molecule has 1 saturated heterocycles. The lowest BCUT2D eigenvalue weighted by Gasteiger charge is -2.34. The molecule has 27 heavy (non-hydrogen) atoms. The van der Waals surface area contributed by atoms with E-state index >= 15 is 0 Å². The van der Waals surface area contributed by atoms with Crippen molar-refractivity contribution in [2.75, 3.05) is 32.7 Å². The molecule has 1 fully saturated rings. The average Bonchev–Trinajstić information content (AvgIpc) is 3.12. The number of carbonyl (C=O) groups is 1. The highest BCUT2D eigenvalue weighted by Crippen LogP contribution is 2.27. The van der Waals surface area contributed by atoms with Gasteiger partial charge < -0.3 is 9.64 Å². The monoisotopic (exact) mass is 373 g/mol. The zero-order valence-corrected chi connectivity index (χ0v) is 15.5. The van der Waals surface area contributed by atoms with Crippen LogP contribution in [-0.4, -0.2) is 63.4 Å². The Bertz CT molecular complexity index is 799. The largest absolute Gasteiger partial charge is 0.365 e. The summed E-state index contributed by atoms with van der Waals surface area (Å²) in [5.41, 5.74) is 1.99. The van der Waals surface area contributed by atoms with E-state index in [2.05, 4.69) is 22.1 Å². The molecule has 0 radical (unpaired) electrons. The van der Waals surface area contributed by atoms with Gasteiger partial charge in [-0.15, -0.1) is 5.10 Å². The summed E-state index contributed by atoms with van der Waals surface area (Å²) in [4.78, 5) is 17.1. The molecule has 4 rings (SSSR count). The van der Waals surface area contributed by atoms with Crippen LogP contribution in [-0.2, 0) is 17.9 Å². The summed E-state index contributed by atoms with van der Waals surface area (Å²) < 4.78 is 20.8. The lowest BCUT2D eigenvalue weighted by molar-refractivity contribution is -0.00207. The van der Waals surface area contributed by atoms with Crippen molar-refractivity contribution in [1.82, 2.24) is 24.8 Å². The Kier molecular flexibility index (Phi) is 5.18. The van der Waals surface area contributed by atoms with Crippen LogP contribution in [0.4, 0.5) is 4.39 Å². The highest BCUT2D eigenvalue weighted by Gasteiger charge is 2.31. The zero-order valence-electron chi connectivity index (χ0n) is 15.5. The van der Waals surface area contributed by atoms with Crippen LogP contribution in [0.15, 0.2) is 24.3 Å². The lowest BCUT2D eigenvalue weighted by atomic mass is 10.1. The van der Waals surface area contributed by atoms with E-state index in [1.54, 1.807) is 16.8 Å². The van der Waals surface area contributed by atoms with E-state index in [1.807, 2.05) is 4.90 Å². The van der Waals surface area contributed by atoms with E-state index in [0.29, 0.717) is 31.0 Å². The molecule has 1 atom stereocenters. The fourth-order valence-electron chi connectivity index (χ4n) is 3.70. The Labute approximate surface area is 157 Å². The van der Waals surface area contributed by atoms with Crippen LogP contribution in [0.25, 0.3) is 0 Å². The molecule has 144 valence electrons. The molecule has 0 N–H and O–H groups in total. The van der Waals surface area contributed by atoms with Gasteiger partial charge in [-0.05, 0) is 30.7 Å². The first kappa shape index (κ1) is 18.1. The SMILES string of the molecule is CCCN1CCN(C(=O)c2nnn3c2CO[C@@H](c2ccc(F)cc2)C3)CC1. The van der Waals surface area contributed by atoms with Crippen LogP contribution in [0.2, 0.25) is 0 Å². The van der Waals surface area contributed by atoms with Gasteiger partial charge in [0.05, 0.1) is 18.8 Å². The summed E-state index contributed by atoms with van der Waals surface area (Å²) in [6, 6.07) is 6.26. The Hall–Kier alpha value is -2.32. The van der Waals surface area contributed by atoms with Crippen LogP contribution in [0.1, 0.15) is 41.2 Å². The van der Waals surface area contributed by atoms with Crippen molar-refractivity contribution in [3.63, 3.8) is 0 Å². The number of benzene rings is 1. The summed E-state index contributed by atoms with van der Waals surface area (Å²) in [5, 5.41) is 8.30. The predicted molar refractivity (Wildman–Crippen MR) is 96.6 cm³/mol. The van der Waals surface area contributed by atoms with E-state index in [1.165, 1.54) is 12.1 Å². The van der Waals surface area contributed by atoms with Crippen LogP contribution in [0.3, 0.4) is 0 Å². The fourth-order valence-corrected chi connectivity index (χ4v) is 3.70. The second-order valence-corrected chi connectivity index (χ2v) is 7.05. The van der Waals surface area contributed by atoms with Crippen LogP contribution < -0.4 is 0 Å². The van der Waals surface area contributed by atoms with Gasteiger partial charge in [0.2, 0.25) is 0 Å². The molecule has 1 aromatic carbocycles. The summed E-state index contributed by atoms with van der Waals surface area (Å²) in [6.07, 6.45) is 0.902. The molecule has 7 nitrogen and oxygen atoms in total. The van der Waals surface area contributed by atoms with Crippen molar-refractivity contribution in [2.45, 2.75) is 32.6 Å². The molecule has 0 saturated carbocycles. The maximum Gasteiger partial charge on any atom is 0.276 e. The van der Waals surface area contributed by atoms with E-state index < -0.39 is 0 Å². The van der Waals surface area contributed by atoms with E-state index in [0.717, 1.165) is 31.6 Å². The standard InChI is InChI=1S/C19H24FN5O2/c1-2-7-23-8-10-24(11-9-23)19(26)18-16-13-27-17(12-25(16)22-21-18)14-3-5-15(20)6-4-14/h3-6,17H,2,7-13H2,1H3/t17-/m1/s1. The van der Waals surface area contributed by atoms with Crippen molar-refractivity contribution in [3.8, 4) is 0 Å². The number of carbonyl (C=O) groups excluding carboxylic acids is 1. The Morgan fingerprint density at radius 3 is 2.67 bits per heavy atom. The van der Waals surface area contributed by atoms with E-state index in [4.69, 9.17) is 4.74 Å². The molecule has 1 aromatic heterocycles. The molecule has 0 unspecified atom stereocenters. The third-order valence-electron chi connectivity index (χ3n) is 5.24. The highest BCUT2D eigenvalue weighted by atomic mass is 19.1. The summed E-state index contributed by atoms with van der Waals surface area (Å²) in [5.74, 6) is -0.348. The average molecular weight is 373 g/mol. The van der Waals surface area contributed by atoms with Crippen LogP contribution in [0.5, 0.6) is 0 Å². The highest BCUT2D eigenvalue weighted by molar-refractivity contribution is 5.93. The van der Waals surface area contributed by atoms with E-state index in [-0.39, 0.29) is 24.4 Å². The summed E-state index contributed by atoms with van der Waals surface area (Å²) in [7, 11) is 0. The fraction of sp³-hybridized carbons (Fsp3) is 0.526. The zero-order chi connectivity index (χ0) is 18.8. The maximum atomic E-state index is 13.1. The topological polar surface area (TPSA) is 63.5 Å². The number of nitrogens with zero attached hydrogens (tertiary/aromatic N) is 5. The van der Waals surface area contributed by atoms with Crippen molar-refractivity contribution in [2.24, 2.45) is 0 Å². The Morgan fingerprint density at radius 1 is 1.22 bits per heavy atom. The van der Waals surface area contributed by atoms with Crippen LogP contribution in [0, 0.1) is 5.82 Å². The van der Waals surface area contributed by atoms with Gasteiger partial charge in [-0.2, -0.15) is 0 Å². The number of rotatable bonds is 4. The molecule has 0 aliphatic carbocycles. The number of hydrogen-bond donors (Lipinski definition) is 0. The third kappa shape index (κ3) is 3.72. The molecule has 3 heterocycles. The smallest absolute Gasteiger partial charge is 0.276 e. The number of aromatic nitrogens is 3. The molecule has 0 bridgehead atoms. The molecule has 2 aliphatic heterocycles. The van der Waals surface area contributed by atoms with Crippen molar-refractivity contribution < 1.29 is 13.9 Å². The molecule has 2 aromatic rings. The molecule has 2 aliphatic rings. The van der Waals surface area contributed by atoms with Crippen molar-refractivity contribution >= 4 is 5.91 Å². The molecule has 1 amide bonds. The summed E-state index contributed by atoms with van der Waals surface area (Å²) in [6.45, 7) is 7.19. The van der Waals surface area contributed by atoms with E-state index in [9.17, 15) is 9.18 Å². The second kappa shape index (κ2) is 7.74. The van der Waals surface area contributed by atoms with Crippen molar-refractivity contribution in [1.29, 1.82) is 0 Å². The number of halogens is 1. The van der Waals surface area contributed by atoms with Gasteiger partial charge in [0.25, 0.3) is 5.91 Å². The molecular weight excluding hydrogens is 349 g/mol. The molecule has 0 spiro atoms.